The minimum atomic E-state index is -0.441. The fourth-order valence-corrected chi connectivity index (χ4v) is 3.78. The number of nitrogens with one attached hydrogen (secondary N) is 1. The van der Waals surface area contributed by atoms with Crippen molar-refractivity contribution in [2.75, 3.05) is 30.4 Å². The van der Waals surface area contributed by atoms with Gasteiger partial charge < -0.3 is 15.1 Å². The number of anilines is 2. The van der Waals surface area contributed by atoms with Crippen molar-refractivity contribution in [2.24, 2.45) is 5.92 Å². The molecule has 0 radical (unpaired) electrons. The fraction of sp³-hybridized carbons (Fsp3) is 0.375. The number of benzene rings is 2. The standard InChI is InChI=1S/C24H29N3O3/c1-4-17-10-12-20(13-11-17)27-15-19(14-23(27)29)24(30)26(3)16-22(28)25-21-9-7-6-8-18(21)5-2/h6-13,19H,4-5,14-16H2,1-3H3,(H,25,28). The van der Waals surface area contributed by atoms with Crippen LogP contribution in [0.3, 0.4) is 0 Å². The van der Waals surface area contributed by atoms with Gasteiger partial charge in [0, 0.05) is 31.4 Å². The average molecular weight is 408 g/mol. The normalized spacial score (nSPS) is 15.9. The minimum Gasteiger partial charge on any atom is -0.336 e. The fourth-order valence-electron chi connectivity index (χ4n) is 3.78. The van der Waals surface area contributed by atoms with E-state index in [1.807, 2.05) is 55.5 Å². The van der Waals surface area contributed by atoms with E-state index < -0.39 is 5.92 Å². The van der Waals surface area contributed by atoms with Crippen LogP contribution in [0.2, 0.25) is 0 Å². The second-order valence-electron chi connectivity index (χ2n) is 7.68. The van der Waals surface area contributed by atoms with E-state index in [1.165, 1.54) is 10.5 Å². The molecule has 3 rings (SSSR count). The smallest absolute Gasteiger partial charge is 0.243 e. The number of aryl methyl sites for hydroxylation is 2. The first-order chi connectivity index (χ1) is 14.4. The van der Waals surface area contributed by atoms with Gasteiger partial charge in [-0.15, -0.1) is 0 Å². The van der Waals surface area contributed by atoms with Crippen LogP contribution in [0, 0.1) is 5.92 Å². The van der Waals surface area contributed by atoms with Gasteiger partial charge in [0.1, 0.15) is 0 Å². The lowest BCUT2D eigenvalue weighted by Crippen LogP contribution is -2.39. The molecule has 3 amide bonds. The average Bonchev–Trinajstić information content (AvgIpc) is 3.15. The van der Waals surface area contributed by atoms with E-state index >= 15 is 0 Å². The van der Waals surface area contributed by atoms with Crippen molar-refractivity contribution >= 4 is 29.1 Å². The number of likely N-dealkylation sites (N-methyl/N-ethyl adjacent to an activating group) is 1. The van der Waals surface area contributed by atoms with E-state index in [9.17, 15) is 14.4 Å². The van der Waals surface area contributed by atoms with Gasteiger partial charge in [-0.2, -0.15) is 0 Å². The molecule has 1 N–H and O–H groups in total. The number of nitrogens with zero attached hydrogens (tertiary/aromatic N) is 2. The van der Waals surface area contributed by atoms with E-state index in [1.54, 1.807) is 11.9 Å². The minimum absolute atomic E-state index is 0.0488. The molecule has 6 nitrogen and oxygen atoms in total. The highest BCUT2D eigenvalue weighted by Crippen LogP contribution is 2.26. The van der Waals surface area contributed by atoms with Crippen molar-refractivity contribution in [1.82, 2.24) is 4.90 Å². The Hall–Kier alpha value is -3.15. The summed E-state index contributed by atoms with van der Waals surface area (Å²) in [5.74, 6) is -0.936. The van der Waals surface area contributed by atoms with Crippen LogP contribution < -0.4 is 10.2 Å². The van der Waals surface area contributed by atoms with Crippen molar-refractivity contribution in [1.29, 1.82) is 0 Å². The van der Waals surface area contributed by atoms with E-state index in [0.29, 0.717) is 6.54 Å². The summed E-state index contributed by atoms with van der Waals surface area (Å²) in [5.41, 5.74) is 3.83. The molecule has 0 aromatic heterocycles. The first kappa shape index (κ1) is 21.6. The molecular weight excluding hydrogens is 378 g/mol. The first-order valence-electron chi connectivity index (χ1n) is 10.4. The number of rotatable bonds is 7. The zero-order chi connectivity index (χ0) is 21.7. The SMILES string of the molecule is CCc1ccc(N2CC(C(=O)N(C)CC(=O)Nc3ccccc3CC)CC2=O)cc1. The van der Waals surface area contributed by atoms with Crippen LogP contribution >= 0.6 is 0 Å². The molecule has 1 heterocycles. The summed E-state index contributed by atoms with van der Waals surface area (Å²) in [5, 5.41) is 2.88. The lowest BCUT2D eigenvalue weighted by molar-refractivity contribution is -0.137. The second kappa shape index (κ2) is 9.57. The highest BCUT2D eigenvalue weighted by atomic mass is 16.2. The van der Waals surface area contributed by atoms with Gasteiger partial charge >= 0.3 is 0 Å². The lowest BCUT2D eigenvalue weighted by Gasteiger charge is -2.21. The largest absolute Gasteiger partial charge is 0.336 e. The Morgan fingerprint density at radius 1 is 1.07 bits per heavy atom. The van der Waals surface area contributed by atoms with Crippen LogP contribution in [0.5, 0.6) is 0 Å². The van der Waals surface area contributed by atoms with Crippen LogP contribution in [-0.4, -0.2) is 42.8 Å². The van der Waals surface area contributed by atoms with Gasteiger partial charge in [-0.25, -0.2) is 0 Å². The topological polar surface area (TPSA) is 69.7 Å². The summed E-state index contributed by atoms with van der Waals surface area (Å²) in [6.07, 6.45) is 1.91. The van der Waals surface area contributed by atoms with Crippen molar-refractivity contribution in [2.45, 2.75) is 33.1 Å². The van der Waals surface area contributed by atoms with E-state index in [-0.39, 0.29) is 30.7 Å². The van der Waals surface area contributed by atoms with Crippen LogP contribution in [0.4, 0.5) is 11.4 Å². The number of para-hydroxylation sites is 1. The van der Waals surface area contributed by atoms with Crippen molar-refractivity contribution in [3.63, 3.8) is 0 Å². The maximum atomic E-state index is 12.8. The summed E-state index contributed by atoms with van der Waals surface area (Å²) in [6, 6.07) is 15.5. The Balaban J connectivity index is 1.59. The van der Waals surface area contributed by atoms with Gasteiger partial charge in [-0.3, -0.25) is 14.4 Å². The molecule has 0 saturated carbocycles. The number of carbonyl (C=O) groups excluding carboxylic acids is 3. The molecule has 0 bridgehead atoms. The van der Waals surface area contributed by atoms with Gasteiger partial charge in [-0.05, 0) is 42.2 Å². The zero-order valence-electron chi connectivity index (χ0n) is 17.9. The van der Waals surface area contributed by atoms with Gasteiger partial charge in [0.15, 0.2) is 0 Å². The molecule has 1 aliphatic heterocycles. The molecule has 1 aliphatic rings. The molecule has 1 unspecified atom stereocenters. The van der Waals surface area contributed by atoms with Gasteiger partial charge in [0.05, 0.1) is 12.5 Å². The summed E-state index contributed by atoms with van der Waals surface area (Å²) in [7, 11) is 1.61. The number of carbonyl (C=O) groups is 3. The van der Waals surface area contributed by atoms with E-state index in [0.717, 1.165) is 29.8 Å². The third kappa shape index (κ3) is 4.87. The third-order valence-corrected chi connectivity index (χ3v) is 5.56. The Bertz CT molecular complexity index is 924. The summed E-state index contributed by atoms with van der Waals surface area (Å²) >= 11 is 0. The van der Waals surface area contributed by atoms with E-state index in [2.05, 4.69) is 12.2 Å². The lowest BCUT2D eigenvalue weighted by atomic mass is 10.1. The van der Waals surface area contributed by atoms with Crippen molar-refractivity contribution in [3.8, 4) is 0 Å². The van der Waals surface area contributed by atoms with Gasteiger partial charge in [-0.1, -0.05) is 44.2 Å². The zero-order valence-corrected chi connectivity index (χ0v) is 17.9. The quantitative estimate of drug-likeness (QED) is 0.766. The summed E-state index contributed by atoms with van der Waals surface area (Å²) in [6.45, 7) is 4.40. The molecule has 2 aromatic carbocycles. The van der Waals surface area contributed by atoms with Gasteiger partial charge in [0.2, 0.25) is 17.7 Å². The van der Waals surface area contributed by atoms with Crippen LogP contribution in [0.15, 0.2) is 48.5 Å². The van der Waals surface area contributed by atoms with Crippen LogP contribution in [-0.2, 0) is 27.2 Å². The molecule has 0 aliphatic carbocycles. The third-order valence-electron chi connectivity index (χ3n) is 5.56. The first-order valence-corrected chi connectivity index (χ1v) is 10.4. The molecule has 30 heavy (non-hydrogen) atoms. The molecule has 2 aromatic rings. The Labute approximate surface area is 177 Å². The Morgan fingerprint density at radius 2 is 1.77 bits per heavy atom. The molecular formula is C24H29N3O3. The van der Waals surface area contributed by atoms with Crippen molar-refractivity contribution < 1.29 is 14.4 Å². The Morgan fingerprint density at radius 3 is 2.43 bits per heavy atom. The molecule has 1 saturated heterocycles. The summed E-state index contributed by atoms with van der Waals surface area (Å²) in [4.78, 5) is 40.8. The van der Waals surface area contributed by atoms with E-state index in [4.69, 9.17) is 0 Å². The predicted molar refractivity (Wildman–Crippen MR) is 118 cm³/mol. The maximum absolute atomic E-state index is 12.8. The Kier molecular flexibility index (Phi) is 6.87. The second-order valence-corrected chi connectivity index (χ2v) is 7.68. The number of amides is 3. The molecule has 1 atom stereocenters. The van der Waals surface area contributed by atoms with Crippen molar-refractivity contribution in [3.05, 3.63) is 59.7 Å². The number of hydrogen-bond donors (Lipinski definition) is 1. The highest BCUT2D eigenvalue weighted by molar-refractivity contribution is 6.01. The highest BCUT2D eigenvalue weighted by Gasteiger charge is 2.36. The molecule has 0 spiro atoms. The van der Waals surface area contributed by atoms with Gasteiger partial charge in [0.25, 0.3) is 0 Å². The van der Waals surface area contributed by atoms with Crippen LogP contribution in [0.25, 0.3) is 0 Å². The monoisotopic (exact) mass is 407 g/mol. The number of hydrogen-bond acceptors (Lipinski definition) is 3. The predicted octanol–water partition coefficient (Wildman–Crippen LogP) is 3.26. The molecule has 1 fully saturated rings. The maximum Gasteiger partial charge on any atom is 0.243 e. The molecule has 158 valence electrons. The molecule has 6 heteroatoms. The van der Waals surface area contributed by atoms with Crippen LogP contribution in [0.1, 0.15) is 31.4 Å². The summed E-state index contributed by atoms with van der Waals surface area (Å²) < 4.78 is 0.